The Morgan fingerprint density at radius 3 is 3.00 bits per heavy atom. The minimum Gasteiger partial charge on any atom is -0.469 e. The molecule has 2 rings (SSSR count). The van der Waals surface area contributed by atoms with Gasteiger partial charge in [-0.1, -0.05) is 0 Å². The molecule has 0 spiro atoms. The van der Waals surface area contributed by atoms with Crippen LogP contribution in [0, 0.1) is 5.92 Å². The first-order valence-corrected chi connectivity index (χ1v) is 6.30. The molecule has 0 aromatic rings. The lowest BCUT2D eigenvalue weighted by Crippen LogP contribution is -2.48. The maximum absolute atomic E-state index is 11.5. The molecule has 2 fully saturated rings. The van der Waals surface area contributed by atoms with Crippen molar-refractivity contribution in [1.82, 2.24) is 4.90 Å². The molecular formula is C12H21NO4. The van der Waals surface area contributed by atoms with Crippen LogP contribution >= 0.6 is 0 Å². The van der Waals surface area contributed by atoms with Crippen molar-refractivity contribution in [2.75, 3.05) is 33.4 Å². The summed E-state index contributed by atoms with van der Waals surface area (Å²) in [6.45, 7) is 3.12. The first-order chi connectivity index (χ1) is 8.20. The summed E-state index contributed by atoms with van der Waals surface area (Å²) in [5.74, 6) is -0.718. The summed E-state index contributed by atoms with van der Waals surface area (Å²) in [5, 5.41) is 9.79. The van der Waals surface area contributed by atoms with Crippen molar-refractivity contribution in [3.05, 3.63) is 0 Å². The lowest BCUT2D eigenvalue weighted by atomic mass is 9.94. The second kappa shape index (κ2) is 5.80. The van der Waals surface area contributed by atoms with Crippen LogP contribution in [0.25, 0.3) is 0 Å². The van der Waals surface area contributed by atoms with Gasteiger partial charge in [-0.3, -0.25) is 9.69 Å². The summed E-state index contributed by atoms with van der Waals surface area (Å²) in [6.07, 6.45) is 2.59. The van der Waals surface area contributed by atoms with E-state index in [1.54, 1.807) is 0 Å². The summed E-state index contributed by atoms with van der Waals surface area (Å²) < 4.78 is 10.3. The third-order valence-corrected chi connectivity index (χ3v) is 3.65. The van der Waals surface area contributed by atoms with Gasteiger partial charge in [0.2, 0.25) is 0 Å². The molecule has 3 atom stereocenters. The summed E-state index contributed by atoms with van der Waals surface area (Å²) >= 11 is 0. The van der Waals surface area contributed by atoms with Gasteiger partial charge in [0.05, 0.1) is 25.2 Å². The van der Waals surface area contributed by atoms with Gasteiger partial charge in [0.1, 0.15) is 0 Å². The summed E-state index contributed by atoms with van der Waals surface area (Å²) in [4.78, 5) is 13.7. The second-order valence-corrected chi connectivity index (χ2v) is 4.88. The number of nitrogens with zero attached hydrogens (tertiary/aromatic N) is 1. The minimum absolute atomic E-state index is 0.295. The smallest absolute Gasteiger partial charge is 0.312 e. The Kier molecular flexibility index (Phi) is 4.36. The quantitative estimate of drug-likeness (QED) is 0.708. The number of aliphatic hydroxyl groups is 1. The standard InChI is InChI=1S/C12H21NO4/c1-16-12(15)10-8-13(5-4-11(10)14)7-9-3-2-6-17-9/h9-11,14H,2-8H2,1H3. The zero-order chi connectivity index (χ0) is 12.3. The maximum Gasteiger partial charge on any atom is 0.312 e. The first kappa shape index (κ1) is 12.8. The van der Waals surface area contributed by atoms with E-state index in [2.05, 4.69) is 4.90 Å². The number of aliphatic hydroxyl groups excluding tert-OH is 1. The molecule has 5 heteroatoms. The largest absolute Gasteiger partial charge is 0.469 e. The van der Waals surface area contributed by atoms with Gasteiger partial charge in [0, 0.05) is 26.2 Å². The highest BCUT2D eigenvalue weighted by Gasteiger charge is 2.34. The highest BCUT2D eigenvalue weighted by atomic mass is 16.5. The number of carbonyl (C=O) groups excluding carboxylic acids is 1. The Morgan fingerprint density at radius 2 is 2.35 bits per heavy atom. The molecule has 0 aliphatic carbocycles. The Morgan fingerprint density at radius 1 is 1.53 bits per heavy atom. The second-order valence-electron chi connectivity index (χ2n) is 4.88. The number of piperidine rings is 1. The average Bonchev–Trinajstić information content (AvgIpc) is 2.83. The first-order valence-electron chi connectivity index (χ1n) is 6.30. The van der Waals surface area contributed by atoms with Crippen molar-refractivity contribution < 1.29 is 19.4 Å². The molecule has 98 valence electrons. The van der Waals surface area contributed by atoms with Crippen molar-refractivity contribution in [2.45, 2.75) is 31.5 Å². The molecule has 2 heterocycles. The average molecular weight is 243 g/mol. The van der Waals surface area contributed by atoms with Crippen LogP contribution < -0.4 is 0 Å². The van der Waals surface area contributed by atoms with Crippen LogP contribution in [0.1, 0.15) is 19.3 Å². The summed E-state index contributed by atoms with van der Waals surface area (Å²) in [7, 11) is 1.37. The van der Waals surface area contributed by atoms with Crippen molar-refractivity contribution in [1.29, 1.82) is 0 Å². The highest BCUT2D eigenvalue weighted by Crippen LogP contribution is 2.21. The van der Waals surface area contributed by atoms with Gasteiger partial charge in [0.15, 0.2) is 0 Å². The van der Waals surface area contributed by atoms with E-state index in [9.17, 15) is 9.90 Å². The van der Waals surface area contributed by atoms with Gasteiger partial charge in [-0.05, 0) is 19.3 Å². The van der Waals surface area contributed by atoms with Gasteiger partial charge in [-0.25, -0.2) is 0 Å². The Balaban J connectivity index is 1.85. The Labute approximate surface area is 102 Å². The van der Waals surface area contributed by atoms with E-state index in [0.717, 1.165) is 32.5 Å². The molecule has 2 aliphatic heterocycles. The van der Waals surface area contributed by atoms with E-state index in [4.69, 9.17) is 9.47 Å². The molecule has 17 heavy (non-hydrogen) atoms. The zero-order valence-electron chi connectivity index (χ0n) is 10.3. The molecule has 2 aliphatic rings. The molecule has 2 saturated heterocycles. The highest BCUT2D eigenvalue weighted by molar-refractivity contribution is 5.73. The number of hydrogen-bond donors (Lipinski definition) is 1. The molecule has 0 saturated carbocycles. The van der Waals surface area contributed by atoms with Gasteiger partial charge in [-0.15, -0.1) is 0 Å². The number of ether oxygens (including phenoxy) is 2. The van der Waals surface area contributed by atoms with Gasteiger partial charge < -0.3 is 14.6 Å². The molecule has 5 nitrogen and oxygen atoms in total. The van der Waals surface area contributed by atoms with Crippen molar-refractivity contribution in [3.63, 3.8) is 0 Å². The molecule has 0 radical (unpaired) electrons. The van der Waals surface area contributed by atoms with Gasteiger partial charge in [0.25, 0.3) is 0 Å². The Bertz CT molecular complexity index is 265. The number of carbonyl (C=O) groups is 1. The van der Waals surface area contributed by atoms with Gasteiger partial charge >= 0.3 is 5.97 Å². The number of likely N-dealkylation sites (tertiary alicyclic amines) is 1. The molecular weight excluding hydrogens is 222 g/mol. The molecule has 0 aromatic heterocycles. The number of rotatable bonds is 3. The fourth-order valence-corrected chi connectivity index (χ4v) is 2.63. The monoisotopic (exact) mass is 243 g/mol. The summed E-state index contributed by atoms with van der Waals surface area (Å²) in [6, 6.07) is 0. The third kappa shape index (κ3) is 3.18. The van der Waals surface area contributed by atoms with E-state index < -0.39 is 12.0 Å². The van der Waals surface area contributed by atoms with E-state index in [0.29, 0.717) is 19.1 Å². The van der Waals surface area contributed by atoms with E-state index in [1.165, 1.54) is 7.11 Å². The van der Waals surface area contributed by atoms with Crippen LogP contribution in [0.15, 0.2) is 0 Å². The van der Waals surface area contributed by atoms with Crippen LogP contribution in [0.2, 0.25) is 0 Å². The Hall–Kier alpha value is -0.650. The van der Waals surface area contributed by atoms with E-state index in [-0.39, 0.29) is 5.97 Å². The molecule has 0 aromatic carbocycles. The van der Waals surface area contributed by atoms with Crippen molar-refractivity contribution in [3.8, 4) is 0 Å². The van der Waals surface area contributed by atoms with Crippen LogP contribution in [-0.2, 0) is 14.3 Å². The summed E-state index contributed by atoms with van der Waals surface area (Å²) in [5.41, 5.74) is 0. The normalized spacial score (nSPS) is 34.8. The van der Waals surface area contributed by atoms with E-state index >= 15 is 0 Å². The van der Waals surface area contributed by atoms with Crippen LogP contribution in [0.4, 0.5) is 0 Å². The molecule has 0 amide bonds. The number of methoxy groups -OCH3 is 1. The van der Waals surface area contributed by atoms with Crippen LogP contribution in [-0.4, -0.2) is 61.5 Å². The van der Waals surface area contributed by atoms with Crippen LogP contribution in [0.3, 0.4) is 0 Å². The maximum atomic E-state index is 11.5. The van der Waals surface area contributed by atoms with Crippen LogP contribution in [0.5, 0.6) is 0 Å². The SMILES string of the molecule is COC(=O)C1CN(CC2CCCO2)CCC1O. The number of esters is 1. The fraction of sp³-hybridized carbons (Fsp3) is 0.917. The fourth-order valence-electron chi connectivity index (χ4n) is 2.63. The third-order valence-electron chi connectivity index (χ3n) is 3.65. The molecule has 0 bridgehead atoms. The lowest BCUT2D eigenvalue weighted by Gasteiger charge is -2.35. The lowest BCUT2D eigenvalue weighted by molar-refractivity contribution is -0.153. The topological polar surface area (TPSA) is 59.0 Å². The molecule has 1 N–H and O–H groups in total. The predicted molar refractivity (Wildman–Crippen MR) is 61.5 cm³/mol. The van der Waals surface area contributed by atoms with Crippen molar-refractivity contribution in [2.24, 2.45) is 5.92 Å². The number of hydrogen-bond acceptors (Lipinski definition) is 5. The van der Waals surface area contributed by atoms with Gasteiger partial charge in [-0.2, -0.15) is 0 Å². The minimum atomic E-state index is -0.566. The van der Waals surface area contributed by atoms with E-state index in [1.807, 2.05) is 0 Å². The molecule has 3 unspecified atom stereocenters. The van der Waals surface area contributed by atoms with Crippen molar-refractivity contribution >= 4 is 5.97 Å². The zero-order valence-corrected chi connectivity index (χ0v) is 10.3. The predicted octanol–water partition coefficient (Wildman–Crippen LogP) is 0.0212.